The Morgan fingerprint density at radius 2 is 2.14 bits per heavy atom. The van der Waals surface area contributed by atoms with E-state index in [2.05, 4.69) is 24.8 Å². The highest BCUT2D eigenvalue weighted by Crippen LogP contribution is 2.40. The van der Waals surface area contributed by atoms with Crippen molar-refractivity contribution in [1.82, 2.24) is 19.5 Å². The summed E-state index contributed by atoms with van der Waals surface area (Å²) in [6.45, 7) is -0.681. The van der Waals surface area contributed by atoms with Crippen molar-refractivity contribution in [3.63, 3.8) is 0 Å². The predicted octanol–water partition coefficient (Wildman–Crippen LogP) is 0.501. The second-order valence-corrected chi connectivity index (χ2v) is 12.2. The van der Waals surface area contributed by atoms with Crippen LogP contribution in [0.3, 0.4) is 0 Å². The van der Waals surface area contributed by atoms with Crippen LogP contribution in [0.25, 0.3) is 11.2 Å². The van der Waals surface area contributed by atoms with Crippen molar-refractivity contribution in [2.75, 3.05) is 17.7 Å². The van der Waals surface area contributed by atoms with Gasteiger partial charge < -0.3 is 24.7 Å². The Morgan fingerprint density at radius 1 is 1.34 bits per heavy atom. The number of hydrogen-bond donors (Lipinski definition) is 6. The number of rotatable bonds is 10. The van der Waals surface area contributed by atoms with Gasteiger partial charge in [0.2, 0.25) is 11.9 Å². The number of aromatic amines is 1. The third-order valence-corrected chi connectivity index (χ3v) is 9.11. The number of nitrogens with zero attached hydrogens (tertiary/aromatic N) is 3. The summed E-state index contributed by atoms with van der Waals surface area (Å²) in [7, 11) is -1.05. The Morgan fingerprint density at radius 3 is 2.86 bits per heavy atom. The smallest absolute Gasteiger partial charge is 0.387 e. The number of fused-ring (bicyclic) bond motifs is 1. The molecule has 0 radical (unpaired) electrons. The van der Waals surface area contributed by atoms with Gasteiger partial charge in [-0.25, -0.2) is 9.55 Å². The molecule has 2 aliphatic heterocycles. The average Bonchev–Trinajstić information content (AvgIpc) is 3.51. The monoisotopic (exact) mass is 551 g/mol. The van der Waals surface area contributed by atoms with Gasteiger partial charge in [-0.15, -0.1) is 0 Å². The molecule has 2 aromatic heterocycles. The lowest BCUT2D eigenvalue weighted by molar-refractivity contribution is -0.116. The van der Waals surface area contributed by atoms with E-state index in [1.165, 1.54) is 17.3 Å². The average molecular weight is 552 g/mol. The van der Waals surface area contributed by atoms with Crippen molar-refractivity contribution >= 4 is 52.4 Å². The van der Waals surface area contributed by atoms with Crippen molar-refractivity contribution in [2.24, 2.45) is 0 Å². The molecule has 4 heterocycles. The van der Waals surface area contributed by atoms with Gasteiger partial charge in [0.25, 0.3) is 5.56 Å². The van der Waals surface area contributed by atoms with E-state index in [4.69, 9.17) is 14.5 Å². The first-order chi connectivity index (χ1) is 16.6. The lowest BCUT2D eigenvalue weighted by atomic mass is 10.1. The molecule has 0 saturated carbocycles. The van der Waals surface area contributed by atoms with E-state index in [0.29, 0.717) is 11.7 Å². The van der Waals surface area contributed by atoms with Gasteiger partial charge in [-0.05, 0) is 19.3 Å². The first-order valence-corrected chi connectivity index (χ1v) is 14.8. The summed E-state index contributed by atoms with van der Waals surface area (Å²) in [4.78, 5) is 53.2. The maximum absolute atomic E-state index is 12.5. The van der Waals surface area contributed by atoms with Crippen LogP contribution in [-0.2, 0) is 18.6 Å². The Labute approximate surface area is 206 Å². The fourth-order valence-corrected chi connectivity index (χ4v) is 7.22. The number of amides is 1. The van der Waals surface area contributed by atoms with Gasteiger partial charge in [-0.2, -0.15) is 4.98 Å². The number of carbonyl (C=O) groups is 1. The minimum atomic E-state index is -4.82. The number of aliphatic hydroxyl groups excluding tert-OH is 2. The number of H-pyrrole nitrogens is 1. The number of aromatic nitrogens is 4. The molecule has 1 amide bonds. The third kappa shape index (κ3) is 6.64. The summed E-state index contributed by atoms with van der Waals surface area (Å²) < 4.78 is 22.0. The van der Waals surface area contributed by atoms with Gasteiger partial charge in [0.05, 0.1) is 12.9 Å². The van der Waals surface area contributed by atoms with Crippen LogP contribution in [0.5, 0.6) is 0 Å². The Bertz CT molecular complexity index is 1150. The molecule has 14 nitrogen and oxygen atoms in total. The van der Waals surface area contributed by atoms with Crippen molar-refractivity contribution < 1.29 is 38.6 Å². The van der Waals surface area contributed by atoms with E-state index in [9.17, 15) is 24.4 Å². The van der Waals surface area contributed by atoms with Gasteiger partial charge in [-0.3, -0.25) is 29.0 Å². The van der Waals surface area contributed by atoms with Gasteiger partial charge in [0.15, 0.2) is 17.4 Å². The van der Waals surface area contributed by atoms with E-state index in [1.54, 1.807) is 0 Å². The zero-order valence-corrected chi connectivity index (χ0v) is 20.9. The molecule has 2 aromatic rings. The first-order valence-electron chi connectivity index (χ1n) is 10.9. The van der Waals surface area contributed by atoms with Crippen LogP contribution in [0.4, 0.5) is 5.95 Å². The van der Waals surface area contributed by atoms with Crippen LogP contribution in [0, 0.1) is 0 Å². The molecule has 4 rings (SSSR count). The van der Waals surface area contributed by atoms with Gasteiger partial charge in [0.1, 0.15) is 18.3 Å². The molecule has 5 atom stereocenters. The largest absolute Gasteiger partial charge is 0.469 e. The number of unbranched alkanes of at least 4 members (excludes halogenated alkanes) is 1. The van der Waals surface area contributed by atoms with Gasteiger partial charge in [0, 0.05) is 17.4 Å². The number of ether oxygens (including phenoxy) is 1. The zero-order chi connectivity index (χ0) is 25.2. The van der Waals surface area contributed by atoms with E-state index in [1.807, 2.05) is 21.6 Å². The molecule has 35 heavy (non-hydrogen) atoms. The number of phosphoric acid groups is 1. The maximum Gasteiger partial charge on any atom is 0.469 e. The summed E-state index contributed by atoms with van der Waals surface area (Å²) in [6, 6.07) is 0. The minimum absolute atomic E-state index is 0.0207. The zero-order valence-electron chi connectivity index (χ0n) is 18.3. The second kappa shape index (κ2) is 11.3. The molecule has 0 aromatic carbocycles. The standard InChI is InChI=1S/C18H26N5O9PS2/c24-11(4-2-1-3-9-5-6-34-35-9)20-18-21-15-12(16(27)22-18)19-8-23(15)17-14(26)13(25)10(32-17)7-31-33(28,29)30/h8-10,13-14,17,25-26H,1-7H2,(H2,28,29,30)(H2,20,21,22,24,27). The number of anilines is 1. The van der Waals surface area contributed by atoms with E-state index >= 15 is 0 Å². The molecule has 0 bridgehead atoms. The maximum atomic E-state index is 12.5. The lowest BCUT2D eigenvalue weighted by Crippen LogP contribution is -2.33. The minimum Gasteiger partial charge on any atom is -0.387 e. The highest BCUT2D eigenvalue weighted by Gasteiger charge is 2.45. The number of aliphatic hydroxyl groups is 2. The number of carbonyl (C=O) groups excluding carboxylic acids is 1. The quantitative estimate of drug-likeness (QED) is 0.135. The molecule has 17 heteroatoms. The fourth-order valence-electron chi connectivity index (χ4n) is 3.86. The van der Waals surface area contributed by atoms with Crippen LogP contribution in [-0.4, -0.2) is 81.3 Å². The number of phosphoric ester groups is 1. The van der Waals surface area contributed by atoms with Crippen molar-refractivity contribution in [3.8, 4) is 0 Å². The lowest BCUT2D eigenvalue weighted by Gasteiger charge is -2.16. The molecule has 0 spiro atoms. The van der Waals surface area contributed by atoms with Gasteiger partial charge >= 0.3 is 7.82 Å². The fraction of sp³-hybridized carbons (Fsp3) is 0.667. The van der Waals surface area contributed by atoms with E-state index in [-0.39, 0.29) is 29.4 Å². The molecule has 0 aliphatic carbocycles. The van der Waals surface area contributed by atoms with Crippen molar-refractivity contribution in [1.29, 1.82) is 0 Å². The van der Waals surface area contributed by atoms with Crippen LogP contribution in [0.1, 0.15) is 38.3 Å². The van der Waals surface area contributed by atoms with Crippen LogP contribution in [0.15, 0.2) is 11.1 Å². The summed E-state index contributed by atoms with van der Waals surface area (Å²) in [5.41, 5.74) is -0.739. The van der Waals surface area contributed by atoms with E-state index < -0.39 is 44.5 Å². The highest BCUT2D eigenvalue weighted by atomic mass is 33.1. The highest BCUT2D eigenvalue weighted by molar-refractivity contribution is 8.77. The van der Waals surface area contributed by atoms with Crippen molar-refractivity contribution in [3.05, 3.63) is 16.7 Å². The predicted molar refractivity (Wildman–Crippen MR) is 128 cm³/mol. The SMILES string of the molecule is O=C(CCCCC1CCSS1)Nc1nc2c(ncn2C2OC(COP(=O)(O)O)C(O)C2O)c(=O)[nH]1. The summed E-state index contributed by atoms with van der Waals surface area (Å²) in [6.07, 6.45) is -0.292. The molecule has 2 fully saturated rings. The van der Waals surface area contributed by atoms with Gasteiger partial charge in [-0.1, -0.05) is 28.0 Å². The molecule has 2 saturated heterocycles. The summed E-state index contributed by atoms with van der Waals surface area (Å²) in [5.74, 6) is 0.748. The summed E-state index contributed by atoms with van der Waals surface area (Å²) >= 11 is 0. The number of imidazole rings is 1. The van der Waals surface area contributed by atoms with E-state index in [0.717, 1.165) is 18.6 Å². The molecule has 2 aliphatic rings. The molecule has 5 unspecified atom stereocenters. The second-order valence-electron chi connectivity index (χ2n) is 8.19. The van der Waals surface area contributed by atoms with Crippen molar-refractivity contribution in [2.45, 2.75) is 61.9 Å². The van der Waals surface area contributed by atoms with Crippen LogP contribution >= 0.6 is 29.4 Å². The first kappa shape index (κ1) is 26.6. The Kier molecular flexibility index (Phi) is 8.56. The topological polar surface area (TPSA) is 209 Å². The summed E-state index contributed by atoms with van der Waals surface area (Å²) in [5, 5.41) is 23.8. The Balaban J connectivity index is 1.42. The van der Waals surface area contributed by atoms with Crippen LogP contribution in [0.2, 0.25) is 0 Å². The molecule has 6 N–H and O–H groups in total. The third-order valence-electron chi connectivity index (χ3n) is 5.62. The molecular formula is C18H26N5O9PS2. The number of nitrogens with one attached hydrogen (secondary N) is 2. The molecular weight excluding hydrogens is 525 g/mol. The van der Waals surface area contributed by atoms with Crippen LogP contribution < -0.4 is 10.9 Å². The molecule has 194 valence electrons. The normalized spacial score (nSPS) is 27.0. The number of hydrogen-bond acceptors (Lipinski definition) is 11. The Hall–Kier alpha value is -1.49.